The molecule has 5 heteroatoms. The van der Waals surface area contributed by atoms with Crippen molar-refractivity contribution in [3.05, 3.63) is 133 Å². The molecule has 3 aromatic rings. The van der Waals surface area contributed by atoms with Crippen LogP contribution in [-0.4, -0.2) is 33.8 Å². The molecule has 0 unspecified atom stereocenters. The molecule has 5 nitrogen and oxygen atoms in total. The van der Waals surface area contributed by atoms with Crippen molar-refractivity contribution < 1.29 is 19.3 Å². The lowest BCUT2D eigenvalue weighted by molar-refractivity contribution is -0.438. The number of benzene rings is 3. The van der Waals surface area contributed by atoms with E-state index < -0.39 is 5.97 Å². The summed E-state index contributed by atoms with van der Waals surface area (Å²) in [6.07, 6.45) is 22.4. The minimum absolute atomic E-state index is 0.0440. The lowest BCUT2D eigenvalue weighted by atomic mass is 9.79. The Bertz CT molecular complexity index is 1620. The topological polar surface area (TPSA) is 60.6 Å². The summed E-state index contributed by atoms with van der Waals surface area (Å²) >= 11 is 0. The number of hydrogen-bond donors (Lipinski definition) is 1. The van der Waals surface area contributed by atoms with E-state index in [1.165, 1.54) is 27.7 Å². The fourth-order valence-corrected chi connectivity index (χ4v) is 5.63. The van der Waals surface area contributed by atoms with E-state index in [0.717, 1.165) is 25.1 Å². The molecule has 0 spiro atoms. The number of fused-ring (bicyclic) bond motifs is 3. The Morgan fingerprint density at radius 2 is 1.44 bits per heavy atom. The lowest BCUT2D eigenvalue weighted by Crippen LogP contribution is -2.28. The number of carboxylic acid groups (broad SMARTS) is 1. The molecule has 220 valence electrons. The van der Waals surface area contributed by atoms with Gasteiger partial charge < -0.3 is 5.11 Å². The van der Waals surface area contributed by atoms with Gasteiger partial charge in [0.1, 0.15) is 6.54 Å². The van der Waals surface area contributed by atoms with Gasteiger partial charge in [-0.2, -0.15) is 4.58 Å². The van der Waals surface area contributed by atoms with Gasteiger partial charge in [0.25, 0.3) is 0 Å². The highest BCUT2D eigenvalue weighted by Gasteiger charge is 2.45. The number of hydrogen-bond acceptors (Lipinski definition) is 2. The largest absolute Gasteiger partial charge is 0.481 e. The number of anilines is 1. The zero-order valence-corrected chi connectivity index (χ0v) is 25.3. The summed E-state index contributed by atoms with van der Waals surface area (Å²) in [5, 5.41) is 11.5. The summed E-state index contributed by atoms with van der Waals surface area (Å²) in [7, 11) is 0. The quantitative estimate of drug-likeness (QED) is 0.126. The van der Waals surface area contributed by atoms with E-state index in [1.807, 2.05) is 72.9 Å². The van der Waals surface area contributed by atoms with Gasteiger partial charge in [-0.05, 0) is 61.7 Å². The predicted molar refractivity (Wildman–Crippen MR) is 178 cm³/mol. The molecule has 1 N–H and O–H groups in total. The van der Waals surface area contributed by atoms with E-state index >= 15 is 0 Å². The van der Waals surface area contributed by atoms with Crippen molar-refractivity contribution in [3.8, 4) is 0 Å². The van der Waals surface area contributed by atoms with E-state index in [0.29, 0.717) is 6.42 Å². The third-order valence-corrected chi connectivity index (χ3v) is 7.67. The summed E-state index contributed by atoms with van der Waals surface area (Å²) in [5.74, 6) is -0.776. The van der Waals surface area contributed by atoms with Crippen molar-refractivity contribution in [2.45, 2.75) is 51.9 Å². The molecule has 0 radical (unpaired) electrons. The highest BCUT2D eigenvalue weighted by atomic mass is 16.4. The fraction of sp³-hybridized carbons (Fsp3) is 0.237. The number of aliphatic carboxylic acids is 1. The normalized spacial score (nSPS) is 14.8. The molecule has 0 atom stereocenters. The van der Waals surface area contributed by atoms with Gasteiger partial charge in [0.05, 0.1) is 5.41 Å². The number of carbonyl (C=O) groups excluding carboxylic acids is 1. The Labute approximate surface area is 255 Å². The van der Waals surface area contributed by atoms with Crippen molar-refractivity contribution in [1.29, 1.82) is 0 Å². The SMILES string of the molecule is CC(=O)N(/C=C/C=C/C=C/C=C/C=C/C1=[N+](CCCCCC(=O)O)c2ccc3ccccc3c2C1(C)C)c1ccccc1. The van der Waals surface area contributed by atoms with Gasteiger partial charge in [-0.15, -0.1) is 0 Å². The minimum atomic E-state index is -0.732. The molecule has 1 aliphatic heterocycles. The molecule has 1 aliphatic rings. The number of para-hydroxylation sites is 1. The van der Waals surface area contributed by atoms with E-state index in [4.69, 9.17) is 5.11 Å². The van der Waals surface area contributed by atoms with Crippen molar-refractivity contribution >= 4 is 39.7 Å². The summed E-state index contributed by atoms with van der Waals surface area (Å²) in [5.41, 5.74) is 4.47. The maximum absolute atomic E-state index is 12.0. The third-order valence-electron chi connectivity index (χ3n) is 7.67. The first kappa shape index (κ1) is 31.2. The van der Waals surface area contributed by atoms with Crippen molar-refractivity contribution in [2.24, 2.45) is 0 Å². The molecule has 4 rings (SSSR count). The molecule has 0 saturated heterocycles. The number of nitrogens with zero attached hydrogens (tertiary/aromatic N) is 2. The predicted octanol–water partition coefficient (Wildman–Crippen LogP) is 8.65. The first-order chi connectivity index (χ1) is 20.8. The molecule has 3 aromatic carbocycles. The average Bonchev–Trinajstić information content (AvgIpc) is 3.21. The van der Waals surface area contributed by atoms with Crippen molar-refractivity contribution in [2.75, 3.05) is 11.4 Å². The van der Waals surface area contributed by atoms with Crippen LogP contribution in [-0.2, 0) is 15.0 Å². The second-order valence-corrected chi connectivity index (χ2v) is 11.1. The van der Waals surface area contributed by atoms with Gasteiger partial charge in [0, 0.05) is 49.4 Å². The van der Waals surface area contributed by atoms with Gasteiger partial charge in [0.15, 0.2) is 5.71 Å². The zero-order chi connectivity index (χ0) is 30.7. The number of carbonyl (C=O) groups is 2. The van der Waals surface area contributed by atoms with Gasteiger partial charge in [0.2, 0.25) is 11.6 Å². The second kappa shape index (κ2) is 14.9. The molecule has 0 fully saturated rings. The Balaban J connectivity index is 1.45. The van der Waals surface area contributed by atoms with Crippen LogP contribution in [0.15, 0.2) is 128 Å². The van der Waals surface area contributed by atoms with E-state index in [1.54, 1.807) is 18.0 Å². The molecule has 1 amide bonds. The highest BCUT2D eigenvalue weighted by Crippen LogP contribution is 2.44. The maximum Gasteiger partial charge on any atom is 0.303 e. The Morgan fingerprint density at radius 3 is 2.14 bits per heavy atom. The second-order valence-electron chi connectivity index (χ2n) is 11.1. The van der Waals surface area contributed by atoms with Crippen molar-refractivity contribution in [1.82, 2.24) is 0 Å². The first-order valence-corrected chi connectivity index (χ1v) is 14.9. The Kier molecular flexibility index (Phi) is 10.8. The Hall–Kier alpha value is -4.77. The number of amides is 1. The summed E-state index contributed by atoms with van der Waals surface area (Å²) in [6, 6.07) is 22.5. The first-order valence-electron chi connectivity index (χ1n) is 14.9. The van der Waals surface area contributed by atoms with Crippen LogP contribution in [0.25, 0.3) is 10.8 Å². The molecule has 0 saturated carbocycles. The summed E-state index contributed by atoms with van der Waals surface area (Å²) < 4.78 is 2.41. The van der Waals surface area contributed by atoms with Gasteiger partial charge in [-0.25, -0.2) is 0 Å². The van der Waals surface area contributed by atoms with Gasteiger partial charge in [-0.1, -0.05) is 85.0 Å². The smallest absolute Gasteiger partial charge is 0.303 e. The van der Waals surface area contributed by atoms with Crippen LogP contribution in [0, 0.1) is 0 Å². The van der Waals surface area contributed by atoms with Crippen molar-refractivity contribution in [3.63, 3.8) is 0 Å². The summed E-state index contributed by atoms with van der Waals surface area (Å²) in [4.78, 5) is 24.5. The monoisotopic (exact) mass is 573 g/mol. The number of carboxylic acids is 1. The standard InChI is InChI=1S/C38H40N2O3/c1-30(41)39(32-21-12-10-13-22-32)28-18-9-7-5-4-6-8-14-24-35-38(2,3)37-33-23-17-16-20-31(33)26-27-34(37)40(35)29-19-11-15-25-36(42)43/h4-10,12-14,16-18,20-24,26-28H,11,15,19,25,29H2,1-3H3/p+1. The molecule has 43 heavy (non-hydrogen) atoms. The van der Waals surface area contributed by atoms with Crippen LogP contribution >= 0.6 is 0 Å². The summed E-state index contributed by atoms with van der Waals surface area (Å²) in [6.45, 7) is 6.97. The van der Waals surface area contributed by atoms with Gasteiger partial charge >= 0.3 is 5.97 Å². The van der Waals surface area contributed by atoms with Crippen LogP contribution in [0.3, 0.4) is 0 Å². The van der Waals surface area contributed by atoms with Crippen LogP contribution in [0.5, 0.6) is 0 Å². The molecule has 0 aliphatic carbocycles. The molecule has 0 aromatic heterocycles. The number of allylic oxidation sites excluding steroid dienone is 9. The van der Waals surface area contributed by atoms with Crippen LogP contribution < -0.4 is 4.90 Å². The van der Waals surface area contributed by atoms with Crippen LogP contribution in [0.1, 0.15) is 52.0 Å². The molecule has 1 heterocycles. The lowest BCUT2D eigenvalue weighted by Gasteiger charge is -2.17. The third kappa shape index (κ3) is 7.95. The van der Waals surface area contributed by atoms with Crippen LogP contribution in [0.2, 0.25) is 0 Å². The Morgan fingerprint density at radius 1 is 0.791 bits per heavy atom. The molecule has 0 bridgehead atoms. The maximum atomic E-state index is 12.0. The molecular weight excluding hydrogens is 532 g/mol. The number of rotatable bonds is 13. The van der Waals surface area contributed by atoms with Gasteiger partial charge in [-0.3, -0.25) is 14.5 Å². The van der Waals surface area contributed by atoms with Crippen LogP contribution in [0.4, 0.5) is 11.4 Å². The minimum Gasteiger partial charge on any atom is -0.481 e. The fourth-order valence-electron chi connectivity index (χ4n) is 5.63. The van der Waals surface area contributed by atoms with E-state index in [9.17, 15) is 9.59 Å². The highest BCUT2D eigenvalue weighted by molar-refractivity contribution is 6.07. The molecular formula is C38H41N2O3+. The van der Waals surface area contributed by atoms with E-state index in [2.05, 4.69) is 67.0 Å². The number of unbranched alkanes of at least 4 members (excludes halogenated alkanes) is 2. The van der Waals surface area contributed by atoms with E-state index in [-0.39, 0.29) is 17.7 Å². The average molecular weight is 574 g/mol. The zero-order valence-electron chi connectivity index (χ0n) is 25.3.